The van der Waals surface area contributed by atoms with Crippen LogP contribution in [0.5, 0.6) is 0 Å². The van der Waals surface area contributed by atoms with E-state index in [1.54, 1.807) is 0 Å². The van der Waals surface area contributed by atoms with Gasteiger partial charge in [-0.1, -0.05) is 78.9 Å². The summed E-state index contributed by atoms with van der Waals surface area (Å²) in [4.78, 5) is 10.5. The van der Waals surface area contributed by atoms with Crippen molar-refractivity contribution >= 4 is 93.1 Å². The summed E-state index contributed by atoms with van der Waals surface area (Å²) in [5.74, 6) is 0. The SMILES string of the molecule is c1ccc(-n2c3ccccc3c3ccc(-c4cc5c6nc7ccccc7nc6n6c7ccc8oc9ccccc9c8c7c(c4)c56)cc32)cc1. The minimum Gasteiger partial charge on any atom is -0.456 e. The molecule has 0 fully saturated rings. The van der Waals surface area contributed by atoms with Crippen LogP contribution >= 0.6 is 0 Å². The van der Waals surface area contributed by atoms with Gasteiger partial charge < -0.3 is 8.98 Å². The summed E-state index contributed by atoms with van der Waals surface area (Å²) in [5.41, 5.74) is 13.4. The molecule has 226 valence electrons. The first-order valence-electron chi connectivity index (χ1n) is 16.6. The van der Waals surface area contributed by atoms with E-state index >= 15 is 0 Å². The molecule has 7 aromatic carbocycles. The number of para-hydroxylation sites is 5. The van der Waals surface area contributed by atoms with E-state index in [-0.39, 0.29) is 0 Å². The van der Waals surface area contributed by atoms with Gasteiger partial charge in [0.2, 0.25) is 0 Å². The second-order valence-electron chi connectivity index (χ2n) is 13.0. The quantitative estimate of drug-likeness (QED) is 0.192. The largest absolute Gasteiger partial charge is 0.456 e. The molecule has 0 N–H and O–H groups in total. The van der Waals surface area contributed by atoms with Crippen molar-refractivity contribution in [1.29, 1.82) is 0 Å². The molecule has 0 amide bonds. The molecule has 0 saturated carbocycles. The molecule has 0 bridgehead atoms. The van der Waals surface area contributed by atoms with Crippen LogP contribution in [0.3, 0.4) is 0 Å². The van der Waals surface area contributed by atoms with Crippen LogP contribution in [0, 0.1) is 0 Å². The minimum atomic E-state index is 0.873. The molecule has 5 nitrogen and oxygen atoms in total. The average molecular weight is 625 g/mol. The van der Waals surface area contributed by atoms with E-state index in [1.807, 2.05) is 30.3 Å². The summed E-state index contributed by atoms with van der Waals surface area (Å²) in [5, 5.41) is 8.19. The van der Waals surface area contributed by atoms with Crippen LogP contribution in [0.25, 0.3) is 110 Å². The highest BCUT2D eigenvalue weighted by Crippen LogP contribution is 2.46. The molecule has 0 aliphatic carbocycles. The van der Waals surface area contributed by atoms with Crippen LogP contribution in [0.4, 0.5) is 0 Å². The van der Waals surface area contributed by atoms with E-state index in [0.717, 1.165) is 77.4 Å². The monoisotopic (exact) mass is 624 g/mol. The van der Waals surface area contributed by atoms with Gasteiger partial charge in [-0.3, -0.25) is 4.40 Å². The maximum absolute atomic E-state index is 6.40. The van der Waals surface area contributed by atoms with Crippen molar-refractivity contribution in [3.63, 3.8) is 0 Å². The topological polar surface area (TPSA) is 48.3 Å². The average Bonchev–Trinajstić information content (AvgIpc) is 3.89. The summed E-state index contributed by atoms with van der Waals surface area (Å²) >= 11 is 0. The number of rotatable bonds is 2. The number of hydrogen-bond donors (Lipinski definition) is 0. The van der Waals surface area contributed by atoms with Crippen molar-refractivity contribution in [3.05, 3.63) is 146 Å². The molecular formula is C44H24N4O. The van der Waals surface area contributed by atoms with Crippen molar-refractivity contribution < 1.29 is 4.42 Å². The molecule has 0 spiro atoms. The fourth-order valence-electron chi connectivity index (χ4n) is 8.35. The van der Waals surface area contributed by atoms with Crippen molar-refractivity contribution in [2.45, 2.75) is 0 Å². The Hall–Kier alpha value is -6.72. The van der Waals surface area contributed by atoms with Gasteiger partial charge in [-0.25, -0.2) is 9.97 Å². The molecule has 0 atom stereocenters. The van der Waals surface area contributed by atoms with Crippen LogP contribution in [0.15, 0.2) is 150 Å². The lowest BCUT2D eigenvalue weighted by atomic mass is 9.98. The number of benzene rings is 7. The van der Waals surface area contributed by atoms with Crippen molar-refractivity contribution in [2.24, 2.45) is 0 Å². The Morgan fingerprint density at radius 2 is 1.18 bits per heavy atom. The molecule has 0 unspecified atom stereocenters. The number of aromatic nitrogens is 4. The summed E-state index contributed by atoms with van der Waals surface area (Å²) in [6.07, 6.45) is 0. The van der Waals surface area contributed by atoms with E-state index in [1.165, 1.54) is 32.6 Å². The molecule has 0 aliphatic heterocycles. The van der Waals surface area contributed by atoms with Gasteiger partial charge in [-0.05, 0) is 77.9 Å². The van der Waals surface area contributed by atoms with Gasteiger partial charge in [-0.15, -0.1) is 0 Å². The lowest BCUT2D eigenvalue weighted by Crippen LogP contribution is -1.93. The summed E-state index contributed by atoms with van der Waals surface area (Å²) in [7, 11) is 0. The molecule has 49 heavy (non-hydrogen) atoms. The van der Waals surface area contributed by atoms with Crippen LogP contribution in [-0.2, 0) is 0 Å². The third-order valence-corrected chi connectivity index (χ3v) is 10.4. The lowest BCUT2D eigenvalue weighted by Gasteiger charge is -2.09. The van der Waals surface area contributed by atoms with Crippen LogP contribution < -0.4 is 0 Å². The van der Waals surface area contributed by atoms with Gasteiger partial charge in [0.15, 0.2) is 5.65 Å². The van der Waals surface area contributed by atoms with Gasteiger partial charge >= 0.3 is 0 Å². The van der Waals surface area contributed by atoms with Crippen LogP contribution in [0.2, 0.25) is 0 Å². The summed E-state index contributed by atoms with van der Waals surface area (Å²) < 4.78 is 11.1. The maximum Gasteiger partial charge on any atom is 0.165 e. The summed E-state index contributed by atoms with van der Waals surface area (Å²) in [6, 6.07) is 51.7. The fourth-order valence-corrected chi connectivity index (χ4v) is 8.35. The second kappa shape index (κ2) is 9.00. The molecule has 0 radical (unpaired) electrons. The third-order valence-electron chi connectivity index (χ3n) is 10.4. The number of furan rings is 1. The van der Waals surface area contributed by atoms with Gasteiger partial charge in [-0.2, -0.15) is 0 Å². The standard InChI is InChI=1S/C44H24N4O/c1-2-10-27(11-3-1)47-35-16-8-4-12-28(35)29-19-18-25(24-37(29)47)26-22-31-40-36(20-21-39-41(40)30-13-5-9-17-38(30)49-39)48-43(31)32(23-26)42-44(48)46-34-15-7-6-14-33(34)45-42/h1-24H. The van der Waals surface area contributed by atoms with Crippen molar-refractivity contribution in [3.8, 4) is 16.8 Å². The maximum atomic E-state index is 6.40. The molecule has 5 heterocycles. The Balaban J connectivity index is 1.25. The van der Waals surface area contributed by atoms with Crippen molar-refractivity contribution in [2.75, 3.05) is 0 Å². The first-order valence-corrected chi connectivity index (χ1v) is 16.6. The zero-order valence-corrected chi connectivity index (χ0v) is 26.1. The highest BCUT2D eigenvalue weighted by Gasteiger charge is 2.24. The van der Waals surface area contributed by atoms with E-state index in [0.29, 0.717) is 0 Å². The molecular weight excluding hydrogens is 601 g/mol. The van der Waals surface area contributed by atoms with Gasteiger partial charge in [0.05, 0.1) is 33.1 Å². The lowest BCUT2D eigenvalue weighted by molar-refractivity contribution is 0.669. The first kappa shape index (κ1) is 25.4. The van der Waals surface area contributed by atoms with E-state index in [9.17, 15) is 0 Å². The van der Waals surface area contributed by atoms with E-state index < -0.39 is 0 Å². The Morgan fingerprint density at radius 1 is 0.449 bits per heavy atom. The highest BCUT2D eigenvalue weighted by molar-refractivity contribution is 6.32. The van der Waals surface area contributed by atoms with E-state index in [2.05, 4.69) is 124 Å². The smallest absolute Gasteiger partial charge is 0.165 e. The van der Waals surface area contributed by atoms with E-state index in [4.69, 9.17) is 14.4 Å². The number of fused-ring (bicyclic) bond motifs is 14. The molecule has 0 aliphatic rings. The first-order chi connectivity index (χ1) is 24.3. The molecule has 12 aromatic rings. The molecule has 12 rings (SSSR count). The van der Waals surface area contributed by atoms with Gasteiger partial charge in [0.1, 0.15) is 16.7 Å². The van der Waals surface area contributed by atoms with Crippen molar-refractivity contribution in [1.82, 2.24) is 18.9 Å². The zero-order chi connectivity index (χ0) is 31.8. The zero-order valence-electron chi connectivity index (χ0n) is 26.1. The Kier molecular flexibility index (Phi) is 4.66. The second-order valence-corrected chi connectivity index (χ2v) is 13.0. The number of hydrogen-bond acceptors (Lipinski definition) is 3. The fraction of sp³-hybridized carbons (Fsp3) is 0. The van der Waals surface area contributed by atoms with Crippen LogP contribution in [-0.4, -0.2) is 18.9 Å². The van der Waals surface area contributed by atoms with Gasteiger partial charge in [0.25, 0.3) is 0 Å². The predicted molar refractivity (Wildman–Crippen MR) is 201 cm³/mol. The third kappa shape index (κ3) is 3.24. The number of nitrogens with zero attached hydrogens (tertiary/aromatic N) is 4. The Morgan fingerprint density at radius 3 is 2.08 bits per heavy atom. The summed E-state index contributed by atoms with van der Waals surface area (Å²) in [6.45, 7) is 0. The molecule has 0 saturated heterocycles. The highest BCUT2D eigenvalue weighted by atomic mass is 16.3. The molecule has 5 aromatic heterocycles. The Labute approximate surface area is 278 Å². The Bertz CT molecular complexity index is 3330. The van der Waals surface area contributed by atoms with Gasteiger partial charge in [0, 0.05) is 43.4 Å². The predicted octanol–water partition coefficient (Wildman–Crippen LogP) is 11.4. The minimum absolute atomic E-state index is 0.873. The van der Waals surface area contributed by atoms with Crippen LogP contribution in [0.1, 0.15) is 0 Å². The normalized spacial score (nSPS) is 12.5. The molecule has 5 heteroatoms.